The van der Waals surface area contributed by atoms with Crippen molar-refractivity contribution in [3.63, 3.8) is 0 Å². The maximum Gasteiger partial charge on any atom is 0.293 e. The Bertz CT molecular complexity index is 918. The van der Waals surface area contributed by atoms with Crippen LogP contribution in [0.15, 0.2) is 42.5 Å². The zero-order valence-electron chi connectivity index (χ0n) is 14.7. The summed E-state index contributed by atoms with van der Waals surface area (Å²) in [5.74, 6) is -0.545. The van der Waals surface area contributed by atoms with Crippen LogP contribution in [0.1, 0.15) is 10.4 Å². The lowest BCUT2D eigenvalue weighted by atomic mass is 10.1. The summed E-state index contributed by atoms with van der Waals surface area (Å²) in [6, 6.07) is 11.2. The smallest absolute Gasteiger partial charge is 0.293 e. The Balaban J connectivity index is 1.73. The Labute approximate surface area is 171 Å². The van der Waals surface area contributed by atoms with Gasteiger partial charge < -0.3 is 15.0 Å². The fourth-order valence-electron chi connectivity index (χ4n) is 2.79. The molecule has 3 rings (SSSR count). The van der Waals surface area contributed by atoms with Gasteiger partial charge in [-0.25, -0.2) is 0 Å². The van der Waals surface area contributed by atoms with Gasteiger partial charge in [0, 0.05) is 35.4 Å². The Kier molecular flexibility index (Phi) is 6.40. The molecule has 0 saturated carbocycles. The highest BCUT2D eigenvalue weighted by Crippen LogP contribution is 2.30. The molecule has 2 N–H and O–H groups in total. The quantitative estimate of drug-likeness (QED) is 0.445. The molecular formula is C18H17ClN4O4S. The van der Waals surface area contributed by atoms with Gasteiger partial charge in [0.05, 0.1) is 18.1 Å². The monoisotopic (exact) mass is 420 g/mol. The van der Waals surface area contributed by atoms with Crippen LogP contribution in [0.4, 0.5) is 17.1 Å². The normalized spacial score (nSPS) is 13.7. The van der Waals surface area contributed by atoms with E-state index in [4.69, 9.17) is 28.6 Å². The minimum Gasteiger partial charge on any atom is -0.378 e. The van der Waals surface area contributed by atoms with Crippen LogP contribution in [-0.2, 0) is 4.74 Å². The van der Waals surface area contributed by atoms with Gasteiger partial charge in [-0.2, -0.15) is 0 Å². The van der Waals surface area contributed by atoms with E-state index in [1.165, 1.54) is 12.1 Å². The van der Waals surface area contributed by atoms with Crippen molar-refractivity contribution >= 4 is 51.9 Å². The lowest BCUT2D eigenvalue weighted by Gasteiger charge is -2.28. The van der Waals surface area contributed by atoms with Crippen molar-refractivity contribution in [2.75, 3.05) is 36.5 Å². The maximum absolute atomic E-state index is 12.5. The Morgan fingerprint density at radius 3 is 2.64 bits per heavy atom. The van der Waals surface area contributed by atoms with Crippen molar-refractivity contribution in [1.82, 2.24) is 5.32 Å². The summed E-state index contributed by atoms with van der Waals surface area (Å²) < 4.78 is 5.28. The van der Waals surface area contributed by atoms with Crippen molar-refractivity contribution in [2.45, 2.75) is 0 Å². The number of halogens is 1. The minimum absolute atomic E-state index is 0.0622. The molecule has 1 fully saturated rings. The van der Waals surface area contributed by atoms with Crippen molar-refractivity contribution in [2.24, 2.45) is 0 Å². The van der Waals surface area contributed by atoms with Crippen LogP contribution in [-0.4, -0.2) is 42.2 Å². The van der Waals surface area contributed by atoms with Crippen molar-refractivity contribution < 1.29 is 14.5 Å². The van der Waals surface area contributed by atoms with Gasteiger partial charge in [-0.1, -0.05) is 17.7 Å². The highest BCUT2D eigenvalue weighted by atomic mass is 35.5. The molecular weight excluding hydrogens is 404 g/mol. The number of anilines is 2. The lowest BCUT2D eigenvalue weighted by Crippen LogP contribution is -2.37. The number of morpholine rings is 1. The van der Waals surface area contributed by atoms with E-state index in [0.717, 1.165) is 0 Å². The summed E-state index contributed by atoms with van der Waals surface area (Å²) in [6.45, 7) is 2.12. The number of rotatable bonds is 4. The van der Waals surface area contributed by atoms with E-state index in [0.29, 0.717) is 42.7 Å². The number of hydrogen-bond donors (Lipinski definition) is 2. The highest BCUT2D eigenvalue weighted by molar-refractivity contribution is 7.80. The zero-order chi connectivity index (χ0) is 20.1. The third kappa shape index (κ3) is 4.94. The molecule has 10 heteroatoms. The molecule has 1 amide bonds. The first-order chi connectivity index (χ1) is 13.4. The number of benzene rings is 2. The number of nitrogens with zero attached hydrogens (tertiary/aromatic N) is 2. The number of ether oxygens (including phenoxy) is 1. The van der Waals surface area contributed by atoms with E-state index in [1.54, 1.807) is 30.3 Å². The molecule has 1 heterocycles. The highest BCUT2D eigenvalue weighted by Gasteiger charge is 2.23. The molecule has 0 spiro atoms. The minimum atomic E-state index is -0.545. The van der Waals surface area contributed by atoms with Crippen LogP contribution in [0.2, 0.25) is 5.02 Å². The number of nitro groups is 1. The molecule has 28 heavy (non-hydrogen) atoms. The van der Waals surface area contributed by atoms with E-state index in [-0.39, 0.29) is 16.4 Å². The number of thiocarbonyl (C=S) groups is 1. The molecule has 0 atom stereocenters. The molecule has 1 aliphatic heterocycles. The van der Waals surface area contributed by atoms with E-state index in [2.05, 4.69) is 10.6 Å². The summed E-state index contributed by atoms with van der Waals surface area (Å²) in [5, 5.41) is 17.4. The van der Waals surface area contributed by atoms with Gasteiger partial charge >= 0.3 is 0 Å². The van der Waals surface area contributed by atoms with Gasteiger partial charge in [0.25, 0.3) is 11.6 Å². The van der Waals surface area contributed by atoms with Gasteiger partial charge in [0.1, 0.15) is 5.69 Å². The molecule has 0 bridgehead atoms. The van der Waals surface area contributed by atoms with Gasteiger partial charge in [-0.05, 0) is 42.5 Å². The second-order valence-corrected chi connectivity index (χ2v) is 6.82. The largest absolute Gasteiger partial charge is 0.378 e. The first-order valence-corrected chi connectivity index (χ1v) is 9.22. The summed E-state index contributed by atoms with van der Waals surface area (Å²) in [7, 11) is 0. The second-order valence-electron chi connectivity index (χ2n) is 5.98. The number of hydrogen-bond acceptors (Lipinski definition) is 6. The van der Waals surface area contributed by atoms with Crippen molar-refractivity contribution in [1.29, 1.82) is 0 Å². The SMILES string of the molecule is O=C(NC(=S)Nc1cccc(Cl)c1)c1ccc(N2CCOCC2)c([N+](=O)[O-])c1. The molecule has 1 aliphatic rings. The summed E-state index contributed by atoms with van der Waals surface area (Å²) in [4.78, 5) is 25.3. The van der Waals surface area contributed by atoms with Crippen LogP contribution < -0.4 is 15.5 Å². The van der Waals surface area contributed by atoms with Gasteiger partial charge in [0.15, 0.2) is 5.11 Å². The van der Waals surface area contributed by atoms with Gasteiger partial charge in [-0.3, -0.25) is 20.2 Å². The molecule has 8 nitrogen and oxygen atoms in total. The topological polar surface area (TPSA) is 96.7 Å². The third-order valence-electron chi connectivity index (χ3n) is 4.10. The first-order valence-electron chi connectivity index (χ1n) is 8.43. The fraction of sp³-hybridized carbons (Fsp3) is 0.222. The fourth-order valence-corrected chi connectivity index (χ4v) is 3.19. The lowest BCUT2D eigenvalue weighted by molar-refractivity contribution is -0.384. The molecule has 146 valence electrons. The van der Waals surface area contributed by atoms with E-state index in [1.807, 2.05) is 4.90 Å². The zero-order valence-corrected chi connectivity index (χ0v) is 16.3. The van der Waals surface area contributed by atoms with Crippen LogP contribution >= 0.6 is 23.8 Å². The summed E-state index contributed by atoms with van der Waals surface area (Å²) in [5.41, 5.74) is 1.08. The summed E-state index contributed by atoms with van der Waals surface area (Å²) >= 11 is 11.0. The van der Waals surface area contributed by atoms with Crippen LogP contribution in [0.25, 0.3) is 0 Å². The van der Waals surface area contributed by atoms with Crippen molar-refractivity contribution in [3.05, 3.63) is 63.2 Å². The molecule has 0 aromatic heterocycles. The molecule has 2 aromatic rings. The maximum atomic E-state index is 12.5. The van der Waals surface area contributed by atoms with Crippen LogP contribution in [0.5, 0.6) is 0 Å². The van der Waals surface area contributed by atoms with Gasteiger partial charge in [-0.15, -0.1) is 0 Å². The predicted molar refractivity (Wildman–Crippen MR) is 111 cm³/mol. The number of nitro benzene ring substituents is 1. The average molecular weight is 421 g/mol. The molecule has 0 unspecified atom stereocenters. The third-order valence-corrected chi connectivity index (χ3v) is 4.53. The Morgan fingerprint density at radius 1 is 1.21 bits per heavy atom. The number of amides is 1. The molecule has 2 aromatic carbocycles. The first kappa shape index (κ1) is 20.0. The van der Waals surface area contributed by atoms with E-state index in [9.17, 15) is 14.9 Å². The Morgan fingerprint density at radius 2 is 1.96 bits per heavy atom. The van der Waals surface area contributed by atoms with E-state index >= 15 is 0 Å². The second kappa shape index (κ2) is 8.96. The van der Waals surface area contributed by atoms with Gasteiger partial charge in [0.2, 0.25) is 0 Å². The van der Waals surface area contributed by atoms with E-state index < -0.39 is 10.8 Å². The average Bonchev–Trinajstić information content (AvgIpc) is 2.68. The molecule has 0 aliphatic carbocycles. The number of carbonyl (C=O) groups is 1. The molecule has 1 saturated heterocycles. The Hall–Kier alpha value is -2.75. The molecule has 0 radical (unpaired) electrons. The van der Waals surface area contributed by atoms with Crippen LogP contribution in [0.3, 0.4) is 0 Å². The number of nitrogens with one attached hydrogen (secondary N) is 2. The van der Waals surface area contributed by atoms with Crippen LogP contribution in [0, 0.1) is 10.1 Å². The summed E-state index contributed by atoms with van der Waals surface area (Å²) in [6.07, 6.45) is 0. The predicted octanol–water partition coefficient (Wildman–Crippen LogP) is 3.21. The van der Waals surface area contributed by atoms with Crippen molar-refractivity contribution in [3.8, 4) is 0 Å². The standard InChI is InChI=1S/C18H17ClN4O4S/c19-13-2-1-3-14(11-13)20-18(28)21-17(24)12-4-5-15(16(10-12)23(25)26)22-6-8-27-9-7-22/h1-5,10-11H,6-9H2,(H2,20,21,24,28). The number of carbonyl (C=O) groups excluding carboxylic acids is 1.